The van der Waals surface area contributed by atoms with Crippen molar-refractivity contribution in [3.63, 3.8) is 0 Å². The van der Waals surface area contributed by atoms with Gasteiger partial charge in [0.25, 0.3) is 5.91 Å². The second-order valence-corrected chi connectivity index (χ2v) is 7.93. The molecule has 152 valence electrons. The van der Waals surface area contributed by atoms with Crippen LogP contribution in [0.25, 0.3) is 10.2 Å². The molecule has 0 fully saturated rings. The monoisotopic (exact) mass is 412 g/mol. The molecule has 0 aliphatic carbocycles. The molecule has 0 unspecified atom stereocenters. The maximum absolute atomic E-state index is 11.9. The van der Waals surface area contributed by atoms with Crippen LogP contribution < -0.4 is 10.1 Å². The van der Waals surface area contributed by atoms with Crippen molar-refractivity contribution in [2.75, 3.05) is 19.8 Å². The Bertz CT molecular complexity index is 951. The first-order valence-corrected chi connectivity index (χ1v) is 10.3. The van der Waals surface area contributed by atoms with Gasteiger partial charge in [0, 0.05) is 13.0 Å². The highest BCUT2D eigenvalue weighted by atomic mass is 32.1. The van der Waals surface area contributed by atoms with Gasteiger partial charge in [0.05, 0.1) is 15.2 Å². The van der Waals surface area contributed by atoms with Crippen LogP contribution in [0.3, 0.4) is 0 Å². The third kappa shape index (κ3) is 6.02. The molecule has 3 rings (SSSR count). The van der Waals surface area contributed by atoms with Gasteiger partial charge in [-0.05, 0) is 29.7 Å². The minimum atomic E-state index is -0.579. The van der Waals surface area contributed by atoms with Gasteiger partial charge in [0.1, 0.15) is 5.75 Å². The van der Waals surface area contributed by atoms with Crippen LogP contribution in [-0.4, -0.2) is 36.6 Å². The molecule has 6 nitrogen and oxygen atoms in total. The number of hydrogen-bond acceptors (Lipinski definition) is 6. The number of nitrogens with zero attached hydrogens (tertiary/aromatic N) is 1. The standard InChI is InChI=1S/C22H24N2O4S/c1-15(2)16-7-3-5-9-18(16)27-14-22(26)28-13-20(25)23-12-11-21-24-17-8-4-6-10-19(17)29-21/h3-10,15H,11-14H2,1-2H3,(H,23,25). The lowest BCUT2D eigenvalue weighted by atomic mass is 10.0. The molecule has 1 N–H and O–H groups in total. The van der Waals surface area contributed by atoms with Crippen molar-refractivity contribution in [1.29, 1.82) is 0 Å². The maximum atomic E-state index is 11.9. The summed E-state index contributed by atoms with van der Waals surface area (Å²) < 4.78 is 11.7. The van der Waals surface area contributed by atoms with Crippen molar-refractivity contribution in [1.82, 2.24) is 10.3 Å². The number of carbonyl (C=O) groups is 2. The van der Waals surface area contributed by atoms with E-state index in [1.165, 1.54) is 0 Å². The zero-order valence-electron chi connectivity index (χ0n) is 16.5. The molecule has 0 radical (unpaired) electrons. The summed E-state index contributed by atoms with van der Waals surface area (Å²) in [5, 5.41) is 3.70. The number of benzene rings is 2. The zero-order chi connectivity index (χ0) is 20.6. The van der Waals surface area contributed by atoms with Crippen LogP contribution >= 0.6 is 11.3 Å². The number of thiazole rings is 1. The van der Waals surface area contributed by atoms with Crippen molar-refractivity contribution < 1.29 is 19.1 Å². The molecular weight excluding hydrogens is 388 g/mol. The van der Waals surface area contributed by atoms with E-state index in [1.54, 1.807) is 11.3 Å². The van der Waals surface area contributed by atoms with E-state index in [0.29, 0.717) is 18.7 Å². The Balaban J connectivity index is 1.36. The summed E-state index contributed by atoms with van der Waals surface area (Å²) >= 11 is 1.61. The lowest BCUT2D eigenvalue weighted by Crippen LogP contribution is -2.31. The quantitative estimate of drug-likeness (QED) is 0.542. The Morgan fingerprint density at radius 3 is 2.62 bits per heavy atom. The lowest BCUT2D eigenvalue weighted by molar-refractivity contribution is -0.150. The van der Waals surface area contributed by atoms with Crippen molar-refractivity contribution in [3.05, 3.63) is 59.1 Å². The minimum absolute atomic E-state index is 0.233. The number of amides is 1. The highest BCUT2D eigenvalue weighted by molar-refractivity contribution is 7.18. The number of fused-ring (bicyclic) bond motifs is 1. The first-order valence-electron chi connectivity index (χ1n) is 9.51. The molecule has 0 spiro atoms. The number of hydrogen-bond donors (Lipinski definition) is 1. The van der Waals surface area contributed by atoms with Crippen LogP contribution in [0.2, 0.25) is 0 Å². The predicted molar refractivity (Wildman–Crippen MR) is 113 cm³/mol. The fraction of sp³-hybridized carbons (Fsp3) is 0.318. The molecule has 7 heteroatoms. The topological polar surface area (TPSA) is 77.5 Å². The molecule has 1 aromatic heterocycles. The molecule has 0 aliphatic rings. The number of carbonyl (C=O) groups excluding carboxylic acids is 2. The van der Waals surface area contributed by atoms with E-state index in [2.05, 4.69) is 24.1 Å². The van der Waals surface area contributed by atoms with Crippen LogP contribution in [-0.2, 0) is 20.7 Å². The molecule has 0 atom stereocenters. The van der Waals surface area contributed by atoms with Crippen LogP contribution in [0.4, 0.5) is 0 Å². The SMILES string of the molecule is CC(C)c1ccccc1OCC(=O)OCC(=O)NCCc1nc2ccccc2s1. The third-order valence-corrected chi connectivity index (χ3v) is 5.35. The van der Waals surface area contributed by atoms with Crippen molar-refractivity contribution in [3.8, 4) is 5.75 Å². The van der Waals surface area contributed by atoms with Crippen LogP contribution in [0.15, 0.2) is 48.5 Å². The molecule has 1 amide bonds. The summed E-state index contributed by atoms with van der Waals surface area (Å²) in [6.07, 6.45) is 0.633. The number of aromatic nitrogens is 1. The lowest BCUT2D eigenvalue weighted by Gasteiger charge is -2.13. The third-order valence-electron chi connectivity index (χ3n) is 4.25. The number of esters is 1. The van der Waals surface area contributed by atoms with E-state index >= 15 is 0 Å². The predicted octanol–water partition coefficient (Wildman–Crippen LogP) is 3.70. The molecule has 2 aromatic carbocycles. The van der Waals surface area contributed by atoms with Gasteiger partial charge in [0.15, 0.2) is 13.2 Å². The molecule has 0 saturated heterocycles. The first kappa shape index (κ1) is 20.8. The number of para-hydroxylation sites is 2. The zero-order valence-corrected chi connectivity index (χ0v) is 17.3. The molecule has 0 aliphatic heterocycles. The van der Waals surface area contributed by atoms with Gasteiger partial charge in [-0.25, -0.2) is 9.78 Å². The van der Waals surface area contributed by atoms with Crippen LogP contribution in [0.1, 0.15) is 30.3 Å². The number of nitrogens with one attached hydrogen (secondary N) is 1. The highest BCUT2D eigenvalue weighted by Crippen LogP contribution is 2.25. The summed E-state index contributed by atoms with van der Waals surface area (Å²) in [5.74, 6) is 0.00934. The van der Waals surface area contributed by atoms with Crippen LogP contribution in [0.5, 0.6) is 5.75 Å². The van der Waals surface area contributed by atoms with Crippen molar-refractivity contribution >= 4 is 33.4 Å². The van der Waals surface area contributed by atoms with E-state index in [9.17, 15) is 9.59 Å². The highest BCUT2D eigenvalue weighted by Gasteiger charge is 2.12. The van der Waals surface area contributed by atoms with Crippen molar-refractivity contribution in [2.45, 2.75) is 26.2 Å². The number of rotatable bonds is 9. The average molecular weight is 413 g/mol. The molecule has 0 saturated carbocycles. The average Bonchev–Trinajstić information content (AvgIpc) is 3.13. The second-order valence-electron chi connectivity index (χ2n) is 6.82. The van der Waals surface area contributed by atoms with Gasteiger partial charge in [0.2, 0.25) is 0 Å². The molecule has 3 aromatic rings. The fourth-order valence-electron chi connectivity index (χ4n) is 2.80. The summed E-state index contributed by atoms with van der Waals surface area (Å²) in [5.41, 5.74) is 1.99. The Hall–Kier alpha value is -2.93. The fourth-order valence-corrected chi connectivity index (χ4v) is 3.77. The van der Waals surface area contributed by atoms with Gasteiger partial charge in [-0.1, -0.05) is 44.2 Å². The first-order chi connectivity index (χ1) is 14.0. The Labute approximate surface area is 173 Å². The van der Waals surface area contributed by atoms with Crippen LogP contribution in [0, 0.1) is 0 Å². The van der Waals surface area contributed by atoms with E-state index < -0.39 is 5.97 Å². The maximum Gasteiger partial charge on any atom is 0.344 e. The Morgan fingerprint density at radius 2 is 1.83 bits per heavy atom. The van der Waals surface area contributed by atoms with Gasteiger partial charge >= 0.3 is 5.97 Å². The Morgan fingerprint density at radius 1 is 1.07 bits per heavy atom. The minimum Gasteiger partial charge on any atom is -0.482 e. The van der Waals surface area contributed by atoms with Crippen molar-refractivity contribution in [2.24, 2.45) is 0 Å². The Kier molecular flexibility index (Phi) is 7.19. The molecule has 29 heavy (non-hydrogen) atoms. The molecule has 1 heterocycles. The summed E-state index contributed by atoms with van der Waals surface area (Å²) in [6, 6.07) is 15.5. The molecular formula is C22H24N2O4S. The van der Waals surface area contributed by atoms with Gasteiger partial charge in [-0.2, -0.15) is 0 Å². The normalized spacial score (nSPS) is 10.9. The summed E-state index contributed by atoms with van der Waals surface area (Å²) in [7, 11) is 0. The van der Waals surface area contributed by atoms with E-state index in [1.807, 2.05) is 48.5 Å². The van der Waals surface area contributed by atoms with E-state index in [0.717, 1.165) is 20.8 Å². The van der Waals surface area contributed by atoms with E-state index in [4.69, 9.17) is 9.47 Å². The number of ether oxygens (including phenoxy) is 2. The smallest absolute Gasteiger partial charge is 0.344 e. The van der Waals surface area contributed by atoms with E-state index in [-0.39, 0.29) is 25.0 Å². The van der Waals surface area contributed by atoms with Gasteiger partial charge in [-0.3, -0.25) is 4.79 Å². The largest absolute Gasteiger partial charge is 0.482 e. The summed E-state index contributed by atoms with van der Waals surface area (Å²) in [6.45, 7) is 3.99. The second kappa shape index (κ2) is 10.0. The van der Waals surface area contributed by atoms with Gasteiger partial charge < -0.3 is 14.8 Å². The van der Waals surface area contributed by atoms with Gasteiger partial charge in [-0.15, -0.1) is 11.3 Å². The summed E-state index contributed by atoms with van der Waals surface area (Å²) in [4.78, 5) is 28.3. The molecule has 0 bridgehead atoms.